The van der Waals surface area contributed by atoms with Crippen molar-refractivity contribution in [3.05, 3.63) is 42.1 Å². The van der Waals surface area contributed by atoms with Crippen LogP contribution in [0.25, 0.3) is 0 Å². The van der Waals surface area contributed by atoms with Crippen molar-refractivity contribution in [2.24, 2.45) is 0 Å². The third-order valence-corrected chi connectivity index (χ3v) is 5.29. The molecule has 2 heterocycles. The van der Waals surface area contributed by atoms with Crippen LogP contribution in [-0.2, 0) is 0 Å². The zero-order valence-electron chi connectivity index (χ0n) is 14.5. The second kappa shape index (κ2) is 6.86. The molecule has 2 fully saturated rings. The van der Waals surface area contributed by atoms with Crippen molar-refractivity contribution in [1.82, 2.24) is 9.97 Å². The third kappa shape index (κ3) is 3.13. The smallest absolute Gasteiger partial charge is 0.187 e. The van der Waals surface area contributed by atoms with Crippen molar-refractivity contribution in [2.75, 3.05) is 43.1 Å². The van der Waals surface area contributed by atoms with Crippen LogP contribution in [0.4, 0.5) is 15.9 Å². The summed E-state index contributed by atoms with van der Waals surface area (Å²) in [6.07, 6.45) is 4.76. The van der Waals surface area contributed by atoms with Gasteiger partial charge in [-0.25, -0.2) is 14.4 Å². The summed E-state index contributed by atoms with van der Waals surface area (Å²) in [6.45, 7) is 3.15. The molecule has 4 rings (SSSR count). The molecule has 1 aliphatic carbocycles. The Hall–Kier alpha value is -2.37. The van der Waals surface area contributed by atoms with Crippen molar-refractivity contribution < 1.29 is 9.13 Å². The molecule has 2 aromatic rings. The number of methoxy groups -OCH3 is 1. The van der Waals surface area contributed by atoms with E-state index in [1.165, 1.54) is 12.7 Å². The number of piperazine rings is 1. The van der Waals surface area contributed by atoms with Gasteiger partial charge in [-0.1, -0.05) is 12.5 Å². The summed E-state index contributed by atoms with van der Waals surface area (Å²) in [7, 11) is 1.68. The monoisotopic (exact) mass is 342 g/mol. The van der Waals surface area contributed by atoms with Crippen LogP contribution in [-0.4, -0.2) is 43.3 Å². The predicted molar refractivity (Wildman–Crippen MR) is 96.0 cm³/mol. The molecule has 0 unspecified atom stereocenters. The molecule has 2 aliphatic rings. The van der Waals surface area contributed by atoms with E-state index in [1.807, 2.05) is 23.1 Å². The first-order chi connectivity index (χ1) is 12.3. The van der Waals surface area contributed by atoms with Gasteiger partial charge in [0.25, 0.3) is 0 Å². The summed E-state index contributed by atoms with van der Waals surface area (Å²) in [6, 6.07) is 8.06. The van der Waals surface area contributed by atoms with E-state index in [1.54, 1.807) is 7.11 Å². The van der Waals surface area contributed by atoms with Gasteiger partial charge in [0, 0.05) is 43.9 Å². The first-order valence-electron chi connectivity index (χ1n) is 8.90. The number of nitrogens with zero attached hydrogens (tertiary/aromatic N) is 4. The minimum absolute atomic E-state index is 0.220. The van der Waals surface area contributed by atoms with Crippen molar-refractivity contribution in [3.8, 4) is 5.75 Å². The number of benzene rings is 1. The van der Waals surface area contributed by atoms with E-state index in [4.69, 9.17) is 4.74 Å². The molecule has 132 valence electrons. The summed E-state index contributed by atoms with van der Waals surface area (Å²) in [5, 5.41) is 0. The lowest BCUT2D eigenvalue weighted by atomic mass is 9.82. The Morgan fingerprint density at radius 3 is 2.52 bits per heavy atom. The molecule has 0 atom stereocenters. The van der Waals surface area contributed by atoms with E-state index in [9.17, 15) is 4.39 Å². The summed E-state index contributed by atoms with van der Waals surface area (Å²) in [5.41, 5.74) is 1.74. The Morgan fingerprint density at radius 1 is 1.08 bits per heavy atom. The molecule has 1 saturated heterocycles. The molecule has 6 heteroatoms. The van der Waals surface area contributed by atoms with Crippen LogP contribution in [0.5, 0.6) is 5.75 Å². The van der Waals surface area contributed by atoms with E-state index in [0.29, 0.717) is 11.5 Å². The predicted octanol–water partition coefficient (Wildman–Crippen LogP) is 3.22. The van der Waals surface area contributed by atoms with Crippen LogP contribution >= 0.6 is 0 Å². The van der Waals surface area contributed by atoms with Gasteiger partial charge in [-0.05, 0) is 25.0 Å². The highest BCUT2D eigenvalue weighted by atomic mass is 19.1. The number of halogens is 1. The van der Waals surface area contributed by atoms with Gasteiger partial charge in [0.1, 0.15) is 12.1 Å². The molecular weight excluding hydrogens is 319 g/mol. The maximum absolute atomic E-state index is 14.9. The van der Waals surface area contributed by atoms with Crippen molar-refractivity contribution >= 4 is 11.5 Å². The van der Waals surface area contributed by atoms with Gasteiger partial charge in [-0.15, -0.1) is 0 Å². The van der Waals surface area contributed by atoms with Crippen molar-refractivity contribution in [3.63, 3.8) is 0 Å². The zero-order chi connectivity index (χ0) is 17.2. The van der Waals surface area contributed by atoms with Gasteiger partial charge in [-0.2, -0.15) is 0 Å². The lowest BCUT2D eigenvalue weighted by Crippen LogP contribution is -2.47. The maximum Gasteiger partial charge on any atom is 0.187 e. The highest BCUT2D eigenvalue weighted by Gasteiger charge is 2.28. The van der Waals surface area contributed by atoms with Gasteiger partial charge >= 0.3 is 0 Å². The minimum atomic E-state index is -0.220. The van der Waals surface area contributed by atoms with Crippen LogP contribution in [0.15, 0.2) is 30.6 Å². The van der Waals surface area contributed by atoms with E-state index in [-0.39, 0.29) is 11.7 Å². The highest BCUT2D eigenvalue weighted by Crippen LogP contribution is 2.38. The molecule has 1 saturated carbocycles. The van der Waals surface area contributed by atoms with Crippen LogP contribution in [0, 0.1) is 5.82 Å². The maximum atomic E-state index is 14.9. The number of rotatable bonds is 4. The first-order valence-corrected chi connectivity index (χ1v) is 8.90. The molecule has 0 amide bonds. The van der Waals surface area contributed by atoms with Gasteiger partial charge in [0.05, 0.1) is 12.8 Å². The molecule has 5 nitrogen and oxygen atoms in total. The van der Waals surface area contributed by atoms with Crippen LogP contribution in [0.3, 0.4) is 0 Å². The summed E-state index contributed by atoms with van der Waals surface area (Å²) in [4.78, 5) is 12.8. The topological polar surface area (TPSA) is 41.5 Å². The Bertz CT molecular complexity index is 742. The molecule has 1 aromatic carbocycles. The Labute approximate surface area is 147 Å². The van der Waals surface area contributed by atoms with Crippen molar-refractivity contribution in [2.45, 2.75) is 25.2 Å². The molecule has 0 bridgehead atoms. The number of hydrogen-bond acceptors (Lipinski definition) is 5. The average molecular weight is 342 g/mol. The fourth-order valence-electron chi connectivity index (χ4n) is 3.54. The van der Waals surface area contributed by atoms with E-state index in [2.05, 4.69) is 20.9 Å². The fourth-order valence-corrected chi connectivity index (χ4v) is 3.54. The molecule has 0 radical (unpaired) electrons. The standard InChI is InChI=1S/C19H23FN4O/c1-25-16-7-3-6-15(12-16)23-8-10-24(11-9-23)19-17(20)18(21-13-22-19)14-4-2-5-14/h3,6-7,12-14H,2,4-5,8-11H2,1H3. The molecular formula is C19H23FN4O. The minimum Gasteiger partial charge on any atom is -0.497 e. The Kier molecular flexibility index (Phi) is 4.42. The van der Waals surface area contributed by atoms with Gasteiger partial charge in [0.15, 0.2) is 11.6 Å². The van der Waals surface area contributed by atoms with Crippen LogP contribution in [0.2, 0.25) is 0 Å². The number of anilines is 2. The lowest BCUT2D eigenvalue weighted by molar-refractivity contribution is 0.392. The number of aromatic nitrogens is 2. The van der Waals surface area contributed by atoms with E-state index < -0.39 is 0 Å². The first kappa shape index (κ1) is 16.1. The third-order valence-electron chi connectivity index (χ3n) is 5.29. The SMILES string of the molecule is COc1cccc(N2CCN(c3ncnc(C4CCC4)c3F)CC2)c1. The largest absolute Gasteiger partial charge is 0.497 e. The van der Waals surface area contributed by atoms with Crippen LogP contribution in [0.1, 0.15) is 30.9 Å². The summed E-state index contributed by atoms with van der Waals surface area (Å²) in [5.74, 6) is 1.37. The molecule has 0 N–H and O–H groups in total. The molecule has 1 aliphatic heterocycles. The quantitative estimate of drug-likeness (QED) is 0.853. The summed E-state index contributed by atoms with van der Waals surface area (Å²) < 4.78 is 20.2. The van der Waals surface area contributed by atoms with E-state index >= 15 is 0 Å². The highest BCUT2D eigenvalue weighted by molar-refractivity contribution is 5.53. The molecule has 25 heavy (non-hydrogen) atoms. The van der Waals surface area contributed by atoms with Gasteiger partial charge in [-0.3, -0.25) is 0 Å². The Morgan fingerprint density at radius 2 is 1.84 bits per heavy atom. The Balaban J connectivity index is 1.47. The van der Waals surface area contributed by atoms with Crippen molar-refractivity contribution in [1.29, 1.82) is 0 Å². The normalized spacial score (nSPS) is 18.2. The van der Waals surface area contributed by atoms with Gasteiger partial charge in [0.2, 0.25) is 0 Å². The molecule has 1 aromatic heterocycles. The number of hydrogen-bond donors (Lipinski definition) is 0. The molecule has 0 spiro atoms. The van der Waals surface area contributed by atoms with E-state index in [0.717, 1.165) is 50.5 Å². The summed E-state index contributed by atoms with van der Waals surface area (Å²) >= 11 is 0. The second-order valence-corrected chi connectivity index (χ2v) is 6.70. The van der Waals surface area contributed by atoms with Gasteiger partial charge < -0.3 is 14.5 Å². The fraction of sp³-hybridized carbons (Fsp3) is 0.474. The zero-order valence-corrected chi connectivity index (χ0v) is 14.5. The second-order valence-electron chi connectivity index (χ2n) is 6.70. The average Bonchev–Trinajstić information content (AvgIpc) is 2.62. The lowest BCUT2D eigenvalue weighted by Gasteiger charge is -2.37. The van der Waals surface area contributed by atoms with Crippen LogP contribution < -0.4 is 14.5 Å². The number of ether oxygens (including phenoxy) is 1.